The Bertz CT molecular complexity index is 387. The van der Waals surface area contributed by atoms with Crippen molar-refractivity contribution < 1.29 is 9.84 Å². The van der Waals surface area contributed by atoms with E-state index < -0.39 is 11.8 Å². The number of halogens is 1. The van der Waals surface area contributed by atoms with Gasteiger partial charge in [-0.05, 0) is 24.9 Å². The van der Waals surface area contributed by atoms with E-state index in [1.54, 1.807) is 0 Å². The van der Waals surface area contributed by atoms with Crippen molar-refractivity contribution in [2.75, 3.05) is 13.2 Å². The van der Waals surface area contributed by atoms with E-state index in [0.717, 1.165) is 24.9 Å². The first-order valence-corrected chi connectivity index (χ1v) is 7.37. The van der Waals surface area contributed by atoms with Crippen LogP contribution in [0.25, 0.3) is 0 Å². The van der Waals surface area contributed by atoms with Crippen LogP contribution in [0.1, 0.15) is 37.9 Å². The van der Waals surface area contributed by atoms with Crippen LogP contribution < -0.4 is 5.32 Å². The molecule has 1 aromatic carbocycles. The van der Waals surface area contributed by atoms with Gasteiger partial charge >= 0.3 is 0 Å². The Kier molecular flexibility index (Phi) is 5.22. The molecule has 4 heteroatoms. The van der Waals surface area contributed by atoms with Crippen molar-refractivity contribution in [3.05, 3.63) is 35.9 Å². The third-order valence-electron chi connectivity index (χ3n) is 3.57. The summed E-state index contributed by atoms with van der Waals surface area (Å²) in [6, 6.07) is 9.65. The molecule has 3 nitrogen and oxygen atoms in total. The topological polar surface area (TPSA) is 41.5 Å². The summed E-state index contributed by atoms with van der Waals surface area (Å²) in [6.45, 7) is 3.55. The van der Waals surface area contributed by atoms with Crippen molar-refractivity contribution in [3.63, 3.8) is 0 Å². The zero-order valence-electron chi connectivity index (χ0n) is 11.3. The van der Waals surface area contributed by atoms with E-state index in [1.807, 2.05) is 30.3 Å². The summed E-state index contributed by atoms with van der Waals surface area (Å²) in [5.41, 5.74) is 0.298. The highest BCUT2D eigenvalue weighted by atomic mass is 35.5. The average Bonchev–Trinajstić information content (AvgIpc) is 2.79. The van der Waals surface area contributed by atoms with E-state index in [9.17, 15) is 5.11 Å². The van der Waals surface area contributed by atoms with Crippen LogP contribution in [0.5, 0.6) is 0 Å². The lowest BCUT2D eigenvalue weighted by molar-refractivity contribution is -0.0833. The normalized spacial score (nSPS) is 28.5. The lowest BCUT2D eigenvalue weighted by Gasteiger charge is -2.34. The summed E-state index contributed by atoms with van der Waals surface area (Å²) in [4.78, 5) is 0. The number of nitrogens with one attached hydrogen (secondary N) is 1. The fraction of sp³-hybridized carbons (Fsp3) is 0.600. The second kappa shape index (κ2) is 6.71. The first-order chi connectivity index (χ1) is 9.18. The molecule has 1 aliphatic heterocycles. The minimum absolute atomic E-state index is 0.0996. The number of rotatable bonds is 6. The summed E-state index contributed by atoms with van der Waals surface area (Å²) in [6.07, 6.45) is 1.72. The molecule has 1 aromatic rings. The van der Waals surface area contributed by atoms with Crippen LogP contribution in [0.3, 0.4) is 0 Å². The van der Waals surface area contributed by atoms with Crippen LogP contribution in [0, 0.1) is 0 Å². The van der Waals surface area contributed by atoms with E-state index in [-0.39, 0.29) is 5.38 Å². The molecule has 3 unspecified atom stereocenters. The molecule has 3 atom stereocenters. The third kappa shape index (κ3) is 3.48. The first kappa shape index (κ1) is 14.8. The highest BCUT2D eigenvalue weighted by molar-refractivity contribution is 6.21. The molecule has 0 aromatic heterocycles. The van der Waals surface area contributed by atoms with Gasteiger partial charge in [-0.2, -0.15) is 0 Å². The fourth-order valence-electron chi connectivity index (χ4n) is 2.52. The van der Waals surface area contributed by atoms with Gasteiger partial charge in [0.25, 0.3) is 0 Å². The Labute approximate surface area is 119 Å². The van der Waals surface area contributed by atoms with E-state index in [2.05, 4.69) is 12.2 Å². The number of aliphatic hydroxyl groups excluding tert-OH is 1. The fourth-order valence-corrected chi connectivity index (χ4v) is 2.86. The monoisotopic (exact) mass is 283 g/mol. The van der Waals surface area contributed by atoms with Crippen LogP contribution in [-0.2, 0) is 4.74 Å². The van der Waals surface area contributed by atoms with Gasteiger partial charge in [0, 0.05) is 13.0 Å². The molecular weight excluding hydrogens is 262 g/mol. The van der Waals surface area contributed by atoms with Crippen molar-refractivity contribution in [1.82, 2.24) is 5.32 Å². The largest absolute Gasteiger partial charge is 0.388 e. The summed E-state index contributed by atoms with van der Waals surface area (Å²) >= 11 is 6.40. The molecule has 1 saturated heterocycles. The second-order valence-corrected chi connectivity index (χ2v) is 5.58. The summed E-state index contributed by atoms with van der Waals surface area (Å²) in [7, 11) is 0. The first-order valence-electron chi connectivity index (χ1n) is 6.94. The Hall–Kier alpha value is -0.610. The molecule has 2 rings (SSSR count). The van der Waals surface area contributed by atoms with Crippen molar-refractivity contribution in [1.29, 1.82) is 0 Å². The number of alkyl halides is 1. The second-order valence-electron chi connectivity index (χ2n) is 5.05. The van der Waals surface area contributed by atoms with Crippen LogP contribution in [0.2, 0.25) is 0 Å². The summed E-state index contributed by atoms with van der Waals surface area (Å²) < 4.78 is 5.94. The summed E-state index contributed by atoms with van der Waals surface area (Å²) in [5, 5.41) is 13.6. The van der Waals surface area contributed by atoms with Gasteiger partial charge < -0.3 is 9.84 Å². The molecule has 1 aliphatic rings. The quantitative estimate of drug-likeness (QED) is 0.789. The van der Waals surface area contributed by atoms with Gasteiger partial charge in [0.2, 0.25) is 0 Å². The lowest BCUT2D eigenvalue weighted by Crippen LogP contribution is -2.49. The Balaban J connectivity index is 2.08. The number of benzene rings is 1. The maximum absolute atomic E-state index is 10.4. The zero-order valence-corrected chi connectivity index (χ0v) is 12.1. The average molecular weight is 284 g/mol. The van der Waals surface area contributed by atoms with Gasteiger partial charge in [0.1, 0.15) is 5.72 Å². The van der Waals surface area contributed by atoms with Crippen LogP contribution >= 0.6 is 11.6 Å². The number of hydrogen-bond acceptors (Lipinski definition) is 3. The Morgan fingerprint density at radius 2 is 2.21 bits per heavy atom. The van der Waals surface area contributed by atoms with Gasteiger partial charge in [-0.3, -0.25) is 5.32 Å². The lowest BCUT2D eigenvalue weighted by atomic mass is 9.97. The molecule has 1 fully saturated rings. The van der Waals surface area contributed by atoms with Crippen LogP contribution in [0.4, 0.5) is 0 Å². The molecule has 0 spiro atoms. The molecular formula is C15H22ClNO2. The minimum atomic E-state index is -0.604. The predicted octanol–water partition coefficient (Wildman–Crippen LogP) is 2.83. The van der Waals surface area contributed by atoms with Gasteiger partial charge in [-0.15, -0.1) is 11.6 Å². The Morgan fingerprint density at radius 3 is 2.79 bits per heavy atom. The molecule has 0 aliphatic carbocycles. The van der Waals surface area contributed by atoms with Crippen molar-refractivity contribution in [2.24, 2.45) is 0 Å². The van der Waals surface area contributed by atoms with E-state index >= 15 is 0 Å². The smallest absolute Gasteiger partial charge is 0.138 e. The number of hydrogen-bond donors (Lipinski definition) is 2. The molecule has 0 bridgehead atoms. The predicted molar refractivity (Wildman–Crippen MR) is 77.3 cm³/mol. The van der Waals surface area contributed by atoms with Crippen molar-refractivity contribution in [2.45, 2.75) is 43.4 Å². The zero-order chi connectivity index (χ0) is 13.7. The number of ether oxygens (including phenoxy) is 1. The Morgan fingerprint density at radius 1 is 1.47 bits per heavy atom. The molecule has 0 amide bonds. The van der Waals surface area contributed by atoms with Gasteiger partial charge in [0.05, 0.1) is 11.5 Å². The SMILES string of the molecule is CCCOC1(CC(O)c2ccccc2)NCCC1Cl. The van der Waals surface area contributed by atoms with Crippen LogP contribution in [-0.4, -0.2) is 29.4 Å². The molecule has 0 radical (unpaired) electrons. The van der Waals surface area contributed by atoms with Crippen molar-refractivity contribution in [3.8, 4) is 0 Å². The molecule has 106 valence electrons. The van der Waals surface area contributed by atoms with E-state index in [0.29, 0.717) is 13.0 Å². The molecule has 0 saturated carbocycles. The van der Waals surface area contributed by atoms with E-state index in [4.69, 9.17) is 16.3 Å². The van der Waals surface area contributed by atoms with Gasteiger partial charge in [0.15, 0.2) is 0 Å². The van der Waals surface area contributed by atoms with E-state index in [1.165, 1.54) is 0 Å². The maximum Gasteiger partial charge on any atom is 0.138 e. The number of aliphatic hydroxyl groups is 1. The molecule has 1 heterocycles. The van der Waals surface area contributed by atoms with Gasteiger partial charge in [-0.25, -0.2) is 0 Å². The van der Waals surface area contributed by atoms with Gasteiger partial charge in [-0.1, -0.05) is 37.3 Å². The molecule has 2 N–H and O–H groups in total. The van der Waals surface area contributed by atoms with Crippen LogP contribution in [0.15, 0.2) is 30.3 Å². The maximum atomic E-state index is 10.4. The highest BCUT2D eigenvalue weighted by Crippen LogP contribution is 2.35. The van der Waals surface area contributed by atoms with Crippen molar-refractivity contribution >= 4 is 11.6 Å². The molecule has 19 heavy (non-hydrogen) atoms. The summed E-state index contributed by atoms with van der Waals surface area (Å²) in [5.74, 6) is 0. The minimum Gasteiger partial charge on any atom is -0.388 e. The third-order valence-corrected chi connectivity index (χ3v) is 4.14. The highest BCUT2D eigenvalue weighted by Gasteiger charge is 2.44. The standard InChI is InChI=1S/C15H22ClNO2/c1-2-10-19-15(14(16)8-9-17-15)11-13(18)12-6-4-3-5-7-12/h3-7,13-14,17-18H,2,8-11H2,1H3.